The van der Waals surface area contributed by atoms with E-state index in [2.05, 4.69) is 10.6 Å². The van der Waals surface area contributed by atoms with Crippen molar-refractivity contribution < 1.29 is 9.59 Å². The van der Waals surface area contributed by atoms with E-state index in [-0.39, 0.29) is 30.1 Å². The van der Waals surface area contributed by atoms with Gasteiger partial charge in [-0.3, -0.25) is 9.59 Å². The number of hydrogen-bond donors (Lipinski definition) is 2. The van der Waals surface area contributed by atoms with Crippen molar-refractivity contribution in [1.29, 1.82) is 0 Å². The maximum absolute atomic E-state index is 12.3. The van der Waals surface area contributed by atoms with Crippen LogP contribution in [0.2, 0.25) is 0 Å². The molecule has 0 spiro atoms. The minimum atomic E-state index is 0. The molecule has 128 valence electrons. The highest BCUT2D eigenvalue weighted by Crippen LogP contribution is 2.19. The van der Waals surface area contributed by atoms with Gasteiger partial charge in [-0.05, 0) is 45.0 Å². The largest absolute Gasteiger partial charge is 0.356 e. The predicted octanol–water partition coefficient (Wildman–Crippen LogP) is 1.69. The molecular formula is C17H26ClN3O2. The zero-order valence-corrected chi connectivity index (χ0v) is 14.4. The van der Waals surface area contributed by atoms with Gasteiger partial charge in [-0.1, -0.05) is 18.2 Å². The molecule has 1 aliphatic rings. The second kappa shape index (κ2) is 10.2. The topological polar surface area (TPSA) is 61.4 Å². The van der Waals surface area contributed by atoms with Crippen LogP contribution in [0.15, 0.2) is 30.3 Å². The van der Waals surface area contributed by atoms with E-state index in [1.165, 1.54) is 0 Å². The van der Waals surface area contributed by atoms with Crippen molar-refractivity contribution in [3.05, 3.63) is 35.9 Å². The van der Waals surface area contributed by atoms with Crippen LogP contribution in [0.1, 0.15) is 29.6 Å². The van der Waals surface area contributed by atoms with E-state index in [9.17, 15) is 9.59 Å². The first-order chi connectivity index (χ1) is 10.7. The van der Waals surface area contributed by atoms with Crippen LogP contribution in [0.25, 0.3) is 0 Å². The maximum atomic E-state index is 12.3. The van der Waals surface area contributed by atoms with E-state index >= 15 is 0 Å². The molecule has 1 aromatic rings. The number of nitrogens with zero attached hydrogens (tertiary/aromatic N) is 1. The summed E-state index contributed by atoms with van der Waals surface area (Å²) in [7, 11) is 1.90. The predicted molar refractivity (Wildman–Crippen MR) is 93.9 cm³/mol. The number of carbonyl (C=O) groups is 2. The summed E-state index contributed by atoms with van der Waals surface area (Å²) in [6.07, 6.45) is 2.43. The smallest absolute Gasteiger partial charge is 0.253 e. The lowest BCUT2D eigenvalue weighted by molar-refractivity contribution is -0.126. The van der Waals surface area contributed by atoms with Crippen molar-refractivity contribution in [2.24, 2.45) is 5.92 Å². The summed E-state index contributed by atoms with van der Waals surface area (Å²) in [5, 5.41) is 6.04. The number of nitrogens with one attached hydrogen (secondary N) is 2. The molecule has 1 heterocycles. The summed E-state index contributed by atoms with van der Waals surface area (Å²) >= 11 is 0. The number of hydrogen-bond acceptors (Lipinski definition) is 3. The van der Waals surface area contributed by atoms with Gasteiger partial charge >= 0.3 is 0 Å². The molecule has 2 N–H and O–H groups in total. The summed E-state index contributed by atoms with van der Waals surface area (Å²) in [4.78, 5) is 26.3. The summed E-state index contributed by atoms with van der Waals surface area (Å²) in [5.41, 5.74) is 0.720. The fourth-order valence-corrected chi connectivity index (χ4v) is 2.73. The SMILES string of the molecule is CNCCCNC(=O)C1CCN(C(=O)c2ccccc2)CC1.Cl. The Morgan fingerprint density at radius 1 is 1.13 bits per heavy atom. The quantitative estimate of drug-likeness (QED) is 0.775. The van der Waals surface area contributed by atoms with Crippen molar-refractivity contribution in [3.8, 4) is 0 Å². The van der Waals surface area contributed by atoms with Crippen LogP contribution < -0.4 is 10.6 Å². The number of likely N-dealkylation sites (tertiary alicyclic amines) is 1. The van der Waals surface area contributed by atoms with E-state index in [4.69, 9.17) is 0 Å². The molecule has 23 heavy (non-hydrogen) atoms. The maximum Gasteiger partial charge on any atom is 0.253 e. The van der Waals surface area contributed by atoms with Gasteiger partial charge in [0.15, 0.2) is 0 Å². The number of carbonyl (C=O) groups excluding carboxylic acids is 2. The van der Waals surface area contributed by atoms with Crippen molar-refractivity contribution in [1.82, 2.24) is 15.5 Å². The molecule has 2 amide bonds. The van der Waals surface area contributed by atoms with E-state index in [0.29, 0.717) is 19.6 Å². The lowest BCUT2D eigenvalue weighted by atomic mass is 9.95. The number of benzene rings is 1. The molecule has 2 rings (SSSR count). The van der Waals surface area contributed by atoms with Gasteiger partial charge < -0.3 is 15.5 Å². The second-order valence-corrected chi connectivity index (χ2v) is 5.68. The first-order valence-electron chi connectivity index (χ1n) is 7.99. The molecule has 1 saturated heterocycles. The average molecular weight is 340 g/mol. The Bertz CT molecular complexity index is 488. The average Bonchev–Trinajstić information content (AvgIpc) is 2.59. The van der Waals surface area contributed by atoms with Crippen LogP contribution in [0.4, 0.5) is 0 Å². The van der Waals surface area contributed by atoms with Gasteiger partial charge in [0.1, 0.15) is 0 Å². The van der Waals surface area contributed by atoms with Crippen LogP contribution in [-0.2, 0) is 4.79 Å². The Balaban J connectivity index is 0.00000264. The minimum absolute atomic E-state index is 0. The van der Waals surface area contributed by atoms with Crippen LogP contribution in [0, 0.1) is 5.92 Å². The second-order valence-electron chi connectivity index (χ2n) is 5.68. The lowest BCUT2D eigenvalue weighted by Crippen LogP contribution is -2.43. The van der Waals surface area contributed by atoms with E-state index in [0.717, 1.165) is 31.4 Å². The van der Waals surface area contributed by atoms with Crippen LogP contribution in [-0.4, -0.2) is 49.9 Å². The molecule has 0 unspecified atom stereocenters. The first kappa shape index (κ1) is 19.5. The highest BCUT2D eigenvalue weighted by Gasteiger charge is 2.27. The highest BCUT2D eigenvalue weighted by molar-refractivity contribution is 5.94. The van der Waals surface area contributed by atoms with Crippen molar-refractivity contribution in [2.45, 2.75) is 19.3 Å². The van der Waals surface area contributed by atoms with Crippen LogP contribution in [0.3, 0.4) is 0 Å². The fraction of sp³-hybridized carbons (Fsp3) is 0.529. The standard InChI is InChI=1S/C17H25N3O2.ClH/c1-18-10-5-11-19-16(21)14-8-12-20(13-9-14)17(22)15-6-3-2-4-7-15;/h2-4,6-7,14,18H,5,8-13H2,1H3,(H,19,21);1H. The first-order valence-corrected chi connectivity index (χ1v) is 7.99. The third-order valence-corrected chi connectivity index (χ3v) is 4.08. The molecule has 1 aliphatic heterocycles. The van der Waals surface area contributed by atoms with Crippen molar-refractivity contribution >= 4 is 24.2 Å². The normalized spacial score (nSPS) is 14.9. The molecule has 6 heteroatoms. The molecule has 1 aromatic carbocycles. The molecule has 0 aliphatic carbocycles. The summed E-state index contributed by atoms with van der Waals surface area (Å²) in [5.74, 6) is 0.228. The van der Waals surface area contributed by atoms with Crippen molar-refractivity contribution in [2.75, 3.05) is 33.2 Å². The minimum Gasteiger partial charge on any atom is -0.356 e. The van der Waals surface area contributed by atoms with E-state index < -0.39 is 0 Å². The monoisotopic (exact) mass is 339 g/mol. The van der Waals surface area contributed by atoms with Gasteiger partial charge in [0.05, 0.1) is 0 Å². The number of rotatable bonds is 6. The van der Waals surface area contributed by atoms with Crippen LogP contribution >= 0.6 is 12.4 Å². The van der Waals surface area contributed by atoms with Gasteiger partial charge in [0.25, 0.3) is 5.91 Å². The van der Waals surface area contributed by atoms with Crippen LogP contribution in [0.5, 0.6) is 0 Å². The van der Waals surface area contributed by atoms with Crippen molar-refractivity contribution in [3.63, 3.8) is 0 Å². The van der Waals surface area contributed by atoms with E-state index in [1.54, 1.807) is 0 Å². The molecule has 0 atom stereocenters. The molecule has 0 saturated carbocycles. The Kier molecular flexibility index (Phi) is 8.66. The van der Waals surface area contributed by atoms with Gasteiger partial charge in [0, 0.05) is 31.1 Å². The Morgan fingerprint density at radius 2 is 1.78 bits per heavy atom. The van der Waals surface area contributed by atoms with Gasteiger partial charge in [0.2, 0.25) is 5.91 Å². The lowest BCUT2D eigenvalue weighted by Gasteiger charge is -2.31. The Labute approximate surface area is 144 Å². The molecule has 0 radical (unpaired) electrons. The molecular weight excluding hydrogens is 314 g/mol. The summed E-state index contributed by atoms with van der Waals surface area (Å²) in [6.45, 7) is 2.93. The summed E-state index contributed by atoms with van der Waals surface area (Å²) < 4.78 is 0. The van der Waals surface area contributed by atoms with Gasteiger partial charge in [-0.2, -0.15) is 0 Å². The highest BCUT2D eigenvalue weighted by atomic mass is 35.5. The zero-order chi connectivity index (χ0) is 15.8. The molecule has 0 bridgehead atoms. The Hall–Kier alpha value is -1.59. The number of halogens is 1. The van der Waals surface area contributed by atoms with Gasteiger partial charge in [-0.15, -0.1) is 12.4 Å². The molecule has 1 fully saturated rings. The fourth-order valence-electron chi connectivity index (χ4n) is 2.73. The third-order valence-electron chi connectivity index (χ3n) is 4.08. The molecule has 0 aromatic heterocycles. The number of piperidine rings is 1. The number of amides is 2. The third kappa shape index (κ3) is 5.84. The van der Waals surface area contributed by atoms with E-state index in [1.807, 2.05) is 42.3 Å². The summed E-state index contributed by atoms with van der Waals surface area (Å²) in [6, 6.07) is 9.32. The molecule has 5 nitrogen and oxygen atoms in total. The Morgan fingerprint density at radius 3 is 2.39 bits per heavy atom. The van der Waals surface area contributed by atoms with Gasteiger partial charge in [-0.25, -0.2) is 0 Å². The zero-order valence-electron chi connectivity index (χ0n) is 13.6.